The molecule has 52 valence electrons. The molecule has 3 heteroatoms. The zero-order valence-electron chi connectivity index (χ0n) is 5.94. The number of rotatable bonds is 2. The van der Waals surface area contributed by atoms with E-state index in [1.807, 2.05) is 0 Å². The maximum Gasteiger partial charge on any atom is 0.155 e. The van der Waals surface area contributed by atoms with E-state index in [0.29, 0.717) is 0 Å². The summed E-state index contributed by atoms with van der Waals surface area (Å²) in [6.07, 6.45) is 0.951. The van der Waals surface area contributed by atoms with Gasteiger partial charge in [-0.2, -0.15) is 0 Å². The molecule has 0 atom stereocenters. The largest absolute Gasteiger partial charge is 1.00 e. The Morgan fingerprint density at radius 2 is 1.62 bits per heavy atom. The third-order valence-corrected chi connectivity index (χ3v) is 1.55. The van der Waals surface area contributed by atoms with E-state index < -0.39 is 7.26 Å². The Kier molecular flexibility index (Phi) is 6.87. The van der Waals surface area contributed by atoms with Crippen LogP contribution in [0.5, 0.6) is 0 Å². The average Bonchev–Trinajstić information content (AvgIpc) is 1.30. The summed E-state index contributed by atoms with van der Waals surface area (Å²) in [7, 11) is 1.12. The second-order valence-electron chi connectivity index (χ2n) is 2.71. The van der Waals surface area contributed by atoms with E-state index in [-0.39, 0.29) is 17.0 Å². The van der Waals surface area contributed by atoms with Crippen molar-refractivity contribution in [2.75, 3.05) is 33.5 Å². The summed E-state index contributed by atoms with van der Waals surface area (Å²) in [5, 5.41) is 0. The van der Waals surface area contributed by atoms with Crippen LogP contribution in [0.3, 0.4) is 0 Å². The molecule has 0 aromatic rings. The van der Waals surface area contributed by atoms with E-state index in [2.05, 4.69) is 20.0 Å². The zero-order valence-corrected chi connectivity index (χ0v) is 8.42. The summed E-state index contributed by atoms with van der Waals surface area (Å²) in [6.45, 7) is 6.78. The van der Waals surface area contributed by atoms with Crippen LogP contribution in [0.1, 0.15) is 0 Å². The Morgan fingerprint density at radius 1 is 1.25 bits per heavy atom. The molecule has 0 unspecified atom stereocenters. The molecule has 0 fully saturated rings. The summed E-state index contributed by atoms with van der Waals surface area (Å²) in [5.74, 6) is 0. The smallest absolute Gasteiger partial charge is 0.155 e. The van der Waals surface area contributed by atoms with Gasteiger partial charge < -0.3 is 21.7 Å². The molecule has 0 aliphatic rings. The second kappa shape index (κ2) is 4.72. The first-order valence-electron chi connectivity index (χ1n) is 2.35. The van der Waals surface area contributed by atoms with Gasteiger partial charge >= 0.3 is 0 Å². The minimum atomic E-state index is -0.638. The number of ether oxygens (including phenoxy) is 1. The van der Waals surface area contributed by atoms with Gasteiger partial charge in [-0.05, 0) is 0 Å². The lowest BCUT2D eigenvalue weighted by Gasteiger charge is -2.07. The molecule has 0 radical (unpaired) electrons. The van der Waals surface area contributed by atoms with Crippen molar-refractivity contribution < 1.29 is 21.7 Å². The van der Waals surface area contributed by atoms with Gasteiger partial charge in [-0.1, -0.05) is 0 Å². The number of hydrogen-bond donors (Lipinski definition) is 0. The standard InChI is InChI=1S/C5H14OP.BrH/c1-6-5-7(2,3)4;/h5H2,1-4H3;1H/q+1;/p-1. The molecule has 0 aliphatic carbocycles. The molecule has 0 rings (SSSR count). The van der Waals surface area contributed by atoms with Gasteiger partial charge in [0.25, 0.3) is 0 Å². The van der Waals surface area contributed by atoms with Crippen LogP contribution in [0.15, 0.2) is 0 Å². The Hall–Kier alpha value is 0.870. The van der Waals surface area contributed by atoms with Crippen molar-refractivity contribution in [3.05, 3.63) is 0 Å². The Labute approximate surface area is 62.9 Å². The lowest BCUT2D eigenvalue weighted by atomic mass is 11.5. The van der Waals surface area contributed by atoms with Crippen molar-refractivity contribution in [3.63, 3.8) is 0 Å². The van der Waals surface area contributed by atoms with Gasteiger partial charge in [0, 0.05) is 14.4 Å². The molecule has 0 aromatic heterocycles. The Balaban J connectivity index is 0. The third kappa shape index (κ3) is 9.98. The van der Waals surface area contributed by atoms with Crippen LogP contribution in [0.25, 0.3) is 0 Å². The van der Waals surface area contributed by atoms with Crippen LogP contribution < -0.4 is 17.0 Å². The average molecular weight is 201 g/mol. The first kappa shape index (κ1) is 11.6. The molecule has 0 amide bonds. The lowest BCUT2D eigenvalue weighted by molar-refractivity contribution is -0.00000203. The molecule has 0 N–H and O–H groups in total. The predicted octanol–water partition coefficient (Wildman–Crippen LogP) is -1.50. The molecule has 0 aliphatic heterocycles. The summed E-state index contributed by atoms with van der Waals surface area (Å²) >= 11 is 0. The molecule has 8 heavy (non-hydrogen) atoms. The predicted molar refractivity (Wildman–Crippen MR) is 36.6 cm³/mol. The first-order valence-corrected chi connectivity index (χ1v) is 5.67. The minimum absolute atomic E-state index is 0. The highest BCUT2D eigenvalue weighted by Gasteiger charge is 2.14. The number of methoxy groups -OCH3 is 1. The number of hydrogen-bond acceptors (Lipinski definition) is 1. The van der Waals surface area contributed by atoms with Crippen molar-refractivity contribution in [2.45, 2.75) is 0 Å². The van der Waals surface area contributed by atoms with Gasteiger partial charge in [0.05, 0.1) is 20.0 Å². The molecule has 0 aromatic carbocycles. The maximum atomic E-state index is 4.96. The van der Waals surface area contributed by atoms with E-state index in [1.165, 1.54) is 0 Å². The van der Waals surface area contributed by atoms with Crippen molar-refractivity contribution >= 4 is 7.26 Å². The van der Waals surface area contributed by atoms with Crippen molar-refractivity contribution in [3.8, 4) is 0 Å². The monoisotopic (exact) mass is 200 g/mol. The van der Waals surface area contributed by atoms with Crippen molar-refractivity contribution in [1.82, 2.24) is 0 Å². The molecular formula is C5H14BrOP. The highest BCUT2D eigenvalue weighted by molar-refractivity contribution is 7.73. The molecule has 0 saturated heterocycles. The molecule has 1 nitrogen and oxygen atoms in total. The van der Waals surface area contributed by atoms with Crippen molar-refractivity contribution in [1.29, 1.82) is 0 Å². The normalized spacial score (nSPS) is 10.5. The summed E-state index contributed by atoms with van der Waals surface area (Å²) < 4.78 is 4.96. The van der Waals surface area contributed by atoms with Crippen LogP contribution in [0.4, 0.5) is 0 Å². The fourth-order valence-corrected chi connectivity index (χ4v) is 1.16. The second-order valence-corrected chi connectivity index (χ2v) is 7.55. The zero-order chi connectivity index (χ0) is 5.91. The van der Waals surface area contributed by atoms with Gasteiger partial charge in [0.15, 0.2) is 6.35 Å². The topological polar surface area (TPSA) is 9.23 Å². The maximum absolute atomic E-state index is 4.96. The summed E-state index contributed by atoms with van der Waals surface area (Å²) in [5.41, 5.74) is 0. The van der Waals surface area contributed by atoms with Gasteiger partial charge in [0.1, 0.15) is 0 Å². The van der Waals surface area contributed by atoms with E-state index in [1.54, 1.807) is 7.11 Å². The fraction of sp³-hybridized carbons (Fsp3) is 1.00. The quantitative estimate of drug-likeness (QED) is 0.494. The first-order chi connectivity index (χ1) is 3.06. The Bertz CT molecular complexity index is 50.9. The summed E-state index contributed by atoms with van der Waals surface area (Å²) in [6, 6.07) is 0. The van der Waals surface area contributed by atoms with E-state index in [0.717, 1.165) is 6.35 Å². The van der Waals surface area contributed by atoms with Gasteiger partial charge in [-0.15, -0.1) is 0 Å². The number of halogens is 1. The fourth-order valence-electron chi connectivity index (χ4n) is 0.387. The van der Waals surface area contributed by atoms with Crippen LogP contribution in [-0.4, -0.2) is 33.5 Å². The van der Waals surface area contributed by atoms with E-state index in [9.17, 15) is 0 Å². The third-order valence-electron chi connectivity index (χ3n) is 0.516. The van der Waals surface area contributed by atoms with Crippen LogP contribution in [-0.2, 0) is 4.74 Å². The van der Waals surface area contributed by atoms with Gasteiger partial charge in [0.2, 0.25) is 0 Å². The van der Waals surface area contributed by atoms with Crippen LogP contribution in [0.2, 0.25) is 0 Å². The molecule has 0 spiro atoms. The van der Waals surface area contributed by atoms with E-state index >= 15 is 0 Å². The van der Waals surface area contributed by atoms with E-state index in [4.69, 9.17) is 4.74 Å². The van der Waals surface area contributed by atoms with Crippen LogP contribution >= 0.6 is 7.26 Å². The lowest BCUT2D eigenvalue weighted by Crippen LogP contribution is -3.00. The highest BCUT2D eigenvalue weighted by atomic mass is 79.9. The molecule has 0 bridgehead atoms. The Morgan fingerprint density at radius 3 is 1.62 bits per heavy atom. The van der Waals surface area contributed by atoms with Gasteiger partial charge in [-0.25, -0.2) is 0 Å². The SMILES string of the molecule is COC[P+](C)(C)C.[Br-]. The summed E-state index contributed by atoms with van der Waals surface area (Å²) in [4.78, 5) is 0. The molecular weight excluding hydrogens is 187 g/mol. The molecule has 0 saturated carbocycles. The van der Waals surface area contributed by atoms with Crippen LogP contribution in [0, 0.1) is 0 Å². The highest BCUT2D eigenvalue weighted by Crippen LogP contribution is 2.45. The minimum Gasteiger partial charge on any atom is -1.00 e. The van der Waals surface area contributed by atoms with Gasteiger partial charge in [-0.3, -0.25) is 0 Å². The van der Waals surface area contributed by atoms with Crippen molar-refractivity contribution in [2.24, 2.45) is 0 Å². The molecule has 0 heterocycles.